The SMILES string of the molecule is COCC(=O)N[C@H]1CCC[C@@H](C(=O)Nc2csc(-c3ccc(Cl)c(Cl)c3)n2)C1. The Morgan fingerprint density at radius 3 is 2.86 bits per heavy atom. The summed E-state index contributed by atoms with van der Waals surface area (Å²) in [5, 5.41) is 9.32. The van der Waals surface area contributed by atoms with Crippen LogP contribution in [0.25, 0.3) is 10.6 Å². The van der Waals surface area contributed by atoms with Crippen LogP contribution in [0.1, 0.15) is 25.7 Å². The van der Waals surface area contributed by atoms with E-state index in [-0.39, 0.29) is 30.4 Å². The maximum Gasteiger partial charge on any atom is 0.246 e. The number of benzene rings is 1. The number of rotatable bonds is 6. The molecule has 1 aliphatic carbocycles. The number of hydrogen-bond acceptors (Lipinski definition) is 5. The largest absolute Gasteiger partial charge is 0.375 e. The maximum atomic E-state index is 12.6. The fraction of sp³-hybridized carbons (Fsp3) is 0.421. The molecule has 2 amide bonds. The minimum atomic E-state index is -0.156. The van der Waals surface area contributed by atoms with Gasteiger partial charge in [0.25, 0.3) is 0 Å². The lowest BCUT2D eigenvalue weighted by molar-refractivity contribution is -0.127. The molecule has 0 saturated heterocycles. The van der Waals surface area contributed by atoms with Gasteiger partial charge in [0.05, 0.1) is 10.0 Å². The normalized spacial score (nSPS) is 19.2. The van der Waals surface area contributed by atoms with E-state index in [1.807, 2.05) is 6.07 Å². The molecule has 2 aromatic rings. The molecule has 0 radical (unpaired) electrons. The number of ether oxygens (including phenoxy) is 1. The smallest absolute Gasteiger partial charge is 0.246 e. The fourth-order valence-corrected chi connectivity index (χ4v) is 4.33. The molecule has 1 aliphatic rings. The Labute approximate surface area is 177 Å². The number of hydrogen-bond donors (Lipinski definition) is 2. The number of halogens is 2. The molecule has 6 nitrogen and oxygen atoms in total. The Kier molecular flexibility index (Phi) is 7.29. The van der Waals surface area contributed by atoms with Crippen LogP contribution in [0.3, 0.4) is 0 Å². The lowest BCUT2D eigenvalue weighted by Crippen LogP contribution is -2.42. The first kappa shape index (κ1) is 21.0. The minimum absolute atomic E-state index is 0.00523. The third-order valence-electron chi connectivity index (χ3n) is 4.61. The molecular formula is C19H21Cl2N3O3S. The second-order valence-corrected chi connectivity index (χ2v) is 8.39. The number of carbonyl (C=O) groups is 2. The van der Waals surface area contributed by atoms with Crippen LogP contribution in [0, 0.1) is 5.92 Å². The second-order valence-electron chi connectivity index (χ2n) is 6.72. The van der Waals surface area contributed by atoms with Gasteiger partial charge in [0, 0.05) is 30.0 Å². The molecule has 1 aromatic carbocycles. The number of methoxy groups -OCH3 is 1. The van der Waals surface area contributed by atoms with Gasteiger partial charge in [-0.1, -0.05) is 35.7 Å². The molecule has 0 bridgehead atoms. The summed E-state index contributed by atoms with van der Waals surface area (Å²) in [6, 6.07) is 5.31. The number of thiazole rings is 1. The van der Waals surface area contributed by atoms with Gasteiger partial charge in [0.1, 0.15) is 17.4 Å². The molecule has 1 heterocycles. The summed E-state index contributed by atoms with van der Waals surface area (Å²) in [5.41, 5.74) is 0.846. The quantitative estimate of drug-likeness (QED) is 0.696. The fourth-order valence-electron chi connectivity index (χ4n) is 3.28. The number of carbonyl (C=O) groups excluding carboxylic acids is 2. The highest BCUT2D eigenvalue weighted by Gasteiger charge is 2.28. The Morgan fingerprint density at radius 2 is 2.11 bits per heavy atom. The summed E-state index contributed by atoms with van der Waals surface area (Å²) in [6.45, 7) is 0.0314. The van der Waals surface area contributed by atoms with Gasteiger partial charge < -0.3 is 15.4 Å². The Morgan fingerprint density at radius 1 is 1.29 bits per heavy atom. The molecule has 0 unspecified atom stereocenters. The van der Waals surface area contributed by atoms with E-state index < -0.39 is 0 Å². The predicted octanol–water partition coefficient (Wildman–Crippen LogP) is 4.38. The van der Waals surface area contributed by atoms with Gasteiger partial charge in [0.15, 0.2) is 0 Å². The van der Waals surface area contributed by atoms with Crippen LogP contribution in [-0.2, 0) is 14.3 Å². The molecule has 2 atom stereocenters. The summed E-state index contributed by atoms with van der Waals surface area (Å²) < 4.78 is 4.84. The Bertz CT molecular complexity index is 859. The van der Waals surface area contributed by atoms with E-state index in [1.165, 1.54) is 18.4 Å². The first-order valence-corrected chi connectivity index (χ1v) is 10.6. The molecule has 150 valence electrons. The molecule has 9 heteroatoms. The summed E-state index contributed by atoms with van der Waals surface area (Å²) in [7, 11) is 1.48. The maximum absolute atomic E-state index is 12.6. The molecule has 2 N–H and O–H groups in total. The highest BCUT2D eigenvalue weighted by Crippen LogP contribution is 2.32. The van der Waals surface area contributed by atoms with Crippen molar-refractivity contribution < 1.29 is 14.3 Å². The summed E-state index contributed by atoms with van der Waals surface area (Å²) >= 11 is 13.4. The first-order chi connectivity index (χ1) is 13.5. The molecule has 1 aromatic heterocycles. The number of nitrogens with zero attached hydrogens (tertiary/aromatic N) is 1. The highest BCUT2D eigenvalue weighted by atomic mass is 35.5. The van der Waals surface area contributed by atoms with E-state index in [4.69, 9.17) is 27.9 Å². The van der Waals surface area contributed by atoms with Crippen molar-refractivity contribution in [2.45, 2.75) is 31.7 Å². The molecular weight excluding hydrogens is 421 g/mol. The molecule has 1 fully saturated rings. The molecule has 0 spiro atoms. The van der Waals surface area contributed by atoms with Crippen LogP contribution >= 0.6 is 34.5 Å². The zero-order chi connectivity index (χ0) is 20.1. The summed E-state index contributed by atoms with van der Waals surface area (Å²) in [4.78, 5) is 28.8. The van der Waals surface area contributed by atoms with Crippen LogP contribution in [0.5, 0.6) is 0 Å². The lowest BCUT2D eigenvalue weighted by Gasteiger charge is -2.28. The van der Waals surface area contributed by atoms with Crippen molar-refractivity contribution in [2.24, 2.45) is 5.92 Å². The van der Waals surface area contributed by atoms with Crippen molar-refractivity contribution in [1.29, 1.82) is 0 Å². The summed E-state index contributed by atoms with van der Waals surface area (Å²) in [6.07, 6.45) is 3.18. The van der Waals surface area contributed by atoms with Gasteiger partial charge >= 0.3 is 0 Å². The zero-order valence-corrected chi connectivity index (χ0v) is 17.7. The van der Waals surface area contributed by atoms with Gasteiger partial charge in [-0.25, -0.2) is 4.98 Å². The van der Waals surface area contributed by atoms with E-state index in [9.17, 15) is 9.59 Å². The van der Waals surface area contributed by atoms with Crippen LogP contribution in [-0.4, -0.2) is 36.6 Å². The van der Waals surface area contributed by atoms with Crippen LogP contribution in [0.2, 0.25) is 10.0 Å². The number of amides is 2. The third-order valence-corrected chi connectivity index (χ3v) is 6.24. The topological polar surface area (TPSA) is 80.3 Å². The average Bonchev–Trinajstić information content (AvgIpc) is 3.13. The number of anilines is 1. The van der Waals surface area contributed by atoms with Crippen molar-refractivity contribution in [3.05, 3.63) is 33.6 Å². The molecule has 1 saturated carbocycles. The third kappa shape index (κ3) is 5.44. The van der Waals surface area contributed by atoms with Gasteiger partial charge in [0.2, 0.25) is 11.8 Å². The molecule has 3 rings (SSSR count). The van der Waals surface area contributed by atoms with Crippen LogP contribution in [0.4, 0.5) is 5.82 Å². The molecule has 0 aliphatic heterocycles. The van der Waals surface area contributed by atoms with Crippen molar-refractivity contribution >= 4 is 52.2 Å². The highest BCUT2D eigenvalue weighted by molar-refractivity contribution is 7.13. The molecule has 28 heavy (non-hydrogen) atoms. The number of nitrogens with one attached hydrogen (secondary N) is 2. The second kappa shape index (κ2) is 9.69. The lowest BCUT2D eigenvalue weighted by atomic mass is 9.85. The zero-order valence-electron chi connectivity index (χ0n) is 15.3. The van der Waals surface area contributed by atoms with Crippen LogP contribution in [0.15, 0.2) is 23.6 Å². The number of aromatic nitrogens is 1. The van der Waals surface area contributed by atoms with Crippen molar-refractivity contribution in [3.8, 4) is 10.6 Å². The Hall–Kier alpha value is -1.67. The van der Waals surface area contributed by atoms with E-state index >= 15 is 0 Å². The van der Waals surface area contributed by atoms with Gasteiger partial charge in [-0.3, -0.25) is 9.59 Å². The first-order valence-electron chi connectivity index (χ1n) is 8.96. The minimum Gasteiger partial charge on any atom is -0.375 e. The monoisotopic (exact) mass is 441 g/mol. The van der Waals surface area contributed by atoms with Crippen LogP contribution < -0.4 is 10.6 Å². The van der Waals surface area contributed by atoms with Gasteiger partial charge in [-0.15, -0.1) is 11.3 Å². The van der Waals surface area contributed by atoms with E-state index in [0.29, 0.717) is 22.3 Å². The predicted molar refractivity (Wildman–Crippen MR) is 112 cm³/mol. The average molecular weight is 442 g/mol. The van der Waals surface area contributed by atoms with Gasteiger partial charge in [-0.05, 0) is 31.4 Å². The summed E-state index contributed by atoms with van der Waals surface area (Å²) in [5.74, 6) is 0.134. The van der Waals surface area contributed by atoms with E-state index in [2.05, 4.69) is 15.6 Å². The van der Waals surface area contributed by atoms with Gasteiger partial charge in [-0.2, -0.15) is 0 Å². The van der Waals surface area contributed by atoms with Crippen molar-refractivity contribution in [1.82, 2.24) is 10.3 Å². The van der Waals surface area contributed by atoms with E-state index in [1.54, 1.807) is 17.5 Å². The van der Waals surface area contributed by atoms with Crippen molar-refractivity contribution in [3.63, 3.8) is 0 Å². The Balaban J connectivity index is 1.59. The van der Waals surface area contributed by atoms with E-state index in [0.717, 1.165) is 29.8 Å². The van der Waals surface area contributed by atoms with Crippen molar-refractivity contribution in [2.75, 3.05) is 19.0 Å². The standard InChI is InChI=1S/C19H21Cl2N3O3S/c1-27-9-17(25)22-13-4-2-3-11(7-13)18(26)23-16-10-28-19(24-16)12-5-6-14(20)15(21)8-12/h5-6,8,10-11,13H,2-4,7,9H2,1H3,(H,22,25)(H,23,26)/t11-,13+/m1/s1.